The maximum absolute atomic E-state index is 12.9. The molecule has 0 atom stereocenters. The Labute approximate surface area is 250 Å². The molecule has 42 heavy (non-hydrogen) atoms. The van der Waals surface area contributed by atoms with Crippen LogP contribution in [-0.2, 0) is 16.2 Å². The van der Waals surface area contributed by atoms with Crippen LogP contribution in [0.3, 0.4) is 0 Å². The molecule has 1 aliphatic heterocycles. The molecule has 1 aromatic carbocycles. The van der Waals surface area contributed by atoms with E-state index in [4.69, 9.17) is 14.5 Å². The first-order valence-electron chi connectivity index (χ1n) is 15.4. The second kappa shape index (κ2) is 13.8. The molecule has 4 heterocycles. The van der Waals surface area contributed by atoms with E-state index in [1.54, 1.807) is 6.20 Å². The van der Waals surface area contributed by atoms with Gasteiger partial charge in [0, 0.05) is 55.6 Å². The van der Waals surface area contributed by atoms with Crippen LogP contribution in [0, 0.1) is 0 Å². The maximum Gasteiger partial charge on any atom is 0.355 e. The molecule has 9 heteroatoms. The molecule has 0 aliphatic carbocycles. The fraction of sp³-hybridized carbons (Fsp3) is 0.485. The average molecular weight is 588 g/mol. The molecule has 1 fully saturated rings. The minimum atomic E-state index is -1.23. The number of anilines is 1. The van der Waals surface area contributed by atoms with Gasteiger partial charge in [0.15, 0.2) is 0 Å². The van der Waals surface area contributed by atoms with Crippen LogP contribution < -0.4 is 5.32 Å². The number of nitrogens with one attached hydrogen (secondary N) is 1. The number of aromatic nitrogens is 3. The van der Waals surface area contributed by atoms with Crippen LogP contribution in [0.5, 0.6) is 0 Å². The largest absolute Gasteiger partial charge is 0.461 e. The Kier molecular flexibility index (Phi) is 9.92. The predicted molar refractivity (Wildman–Crippen MR) is 174 cm³/mol. The molecule has 4 aromatic rings. The Morgan fingerprint density at radius 3 is 2.69 bits per heavy atom. The van der Waals surface area contributed by atoms with Crippen molar-refractivity contribution in [2.75, 3.05) is 44.7 Å². The zero-order chi connectivity index (χ0) is 29.5. The maximum atomic E-state index is 12.9. The summed E-state index contributed by atoms with van der Waals surface area (Å²) in [5.74, 6) is -0.337. The first-order chi connectivity index (χ1) is 20.3. The number of hydrogen-bond donors (Lipinski definition) is 1. The monoisotopic (exact) mass is 587 g/mol. The second-order valence-electron chi connectivity index (χ2n) is 12.4. The van der Waals surface area contributed by atoms with E-state index in [1.165, 1.54) is 32.4 Å². The average Bonchev–Trinajstić information content (AvgIpc) is 3.35. The van der Waals surface area contributed by atoms with Gasteiger partial charge in [-0.1, -0.05) is 38.2 Å². The molecule has 5 rings (SSSR count). The van der Waals surface area contributed by atoms with Crippen molar-refractivity contribution in [3.63, 3.8) is 0 Å². The van der Waals surface area contributed by atoms with E-state index in [2.05, 4.69) is 59.1 Å². The molecule has 0 radical (unpaired) electrons. The summed E-state index contributed by atoms with van der Waals surface area (Å²) in [7, 11) is -1.23. The van der Waals surface area contributed by atoms with Crippen LogP contribution in [0.4, 0.5) is 5.69 Å². The van der Waals surface area contributed by atoms with Gasteiger partial charge in [-0.05, 0) is 76.1 Å². The van der Waals surface area contributed by atoms with Crippen molar-refractivity contribution in [2.45, 2.75) is 65.0 Å². The third kappa shape index (κ3) is 7.56. The van der Waals surface area contributed by atoms with E-state index < -0.39 is 8.07 Å². The summed E-state index contributed by atoms with van der Waals surface area (Å²) in [6.07, 6.45) is 8.76. The van der Waals surface area contributed by atoms with Crippen LogP contribution in [0.1, 0.15) is 43.1 Å². The highest BCUT2D eigenvalue weighted by Crippen LogP contribution is 2.31. The summed E-state index contributed by atoms with van der Waals surface area (Å²) in [5.41, 5.74) is 5.23. The molecule has 224 valence electrons. The van der Waals surface area contributed by atoms with E-state index in [0.717, 1.165) is 64.3 Å². The smallest absolute Gasteiger partial charge is 0.355 e. The fourth-order valence-electron chi connectivity index (χ4n) is 5.53. The highest BCUT2D eigenvalue weighted by molar-refractivity contribution is 6.76. The van der Waals surface area contributed by atoms with Gasteiger partial charge in [0.2, 0.25) is 0 Å². The first kappa shape index (κ1) is 30.2. The van der Waals surface area contributed by atoms with Crippen molar-refractivity contribution < 1.29 is 14.3 Å². The molecule has 3 aromatic heterocycles. The van der Waals surface area contributed by atoms with Gasteiger partial charge in [-0.15, -0.1) is 0 Å². The number of benzene rings is 1. The van der Waals surface area contributed by atoms with E-state index >= 15 is 0 Å². The molecule has 1 N–H and O–H groups in total. The first-order valence-corrected chi connectivity index (χ1v) is 19.1. The third-order valence-electron chi connectivity index (χ3n) is 7.93. The van der Waals surface area contributed by atoms with E-state index in [0.29, 0.717) is 25.6 Å². The van der Waals surface area contributed by atoms with Gasteiger partial charge in [0.25, 0.3) is 0 Å². The molecule has 0 unspecified atom stereocenters. The zero-order valence-electron chi connectivity index (χ0n) is 25.6. The van der Waals surface area contributed by atoms with Gasteiger partial charge in [-0.25, -0.2) is 9.78 Å². The van der Waals surface area contributed by atoms with Crippen LogP contribution in [0.15, 0.2) is 48.8 Å². The molecule has 0 amide bonds. The van der Waals surface area contributed by atoms with Crippen LogP contribution in [0.2, 0.25) is 25.7 Å². The number of pyridine rings is 2. The van der Waals surface area contributed by atoms with Gasteiger partial charge in [-0.3, -0.25) is 4.98 Å². The van der Waals surface area contributed by atoms with Gasteiger partial charge >= 0.3 is 5.97 Å². The van der Waals surface area contributed by atoms with Gasteiger partial charge < -0.3 is 24.3 Å². The van der Waals surface area contributed by atoms with Crippen molar-refractivity contribution in [1.82, 2.24) is 19.4 Å². The lowest BCUT2D eigenvalue weighted by atomic mass is 10.1. The number of likely N-dealkylation sites (tertiary alicyclic amines) is 1. The van der Waals surface area contributed by atoms with Crippen molar-refractivity contribution in [1.29, 1.82) is 0 Å². The van der Waals surface area contributed by atoms with Gasteiger partial charge in [-0.2, -0.15) is 0 Å². The number of fused-ring (bicyclic) bond motifs is 2. The van der Waals surface area contributed by atoms with Crippen LogP contribution in [0.25, 0.3) is 33.1 Å². The summed E-state index contributed by atoms with van der Waals surface area (Å²) in [5, 5.41) is 5.66. The molecule has 8 nitrogen and oxygen atoms in total. The normalized spacial score (nSPS) is 14.5. The van der Waals surface area contributed by atoms with Crippen molar-refractivity contribution in [3.05, 3.63) is 54.5 Å². The fourth-order valence-corrected chi connectivity index (χ4v) is 6.29. The molecular weight excluding hydrogens is 542 g/mol. The van der Waals surface area contributed by atoms with Crippen molar-refractivity contribution >= 4 is 41.5 Å². The number of carbonyl (C=O) groups excluding carboxylic acids is 1. The number of ether oxygens (including phenoxy) is 2. The summed E-state index contributed by atoms with van der Waals surface area (Å²) in [6.45, 7) is 14.6. The quantitative estimate of drug-likeness (QED) is 0.102. The van der Waals surface area contributed by atoms with E-state index in [1.807, 2.05) is 29.8 Å². The minimum Gasteiger partial charge on any atom is -0.461 e. The molecular formula is C33H45N5O3Si. The Morgan fingerprint density at radius 1 is 1.07 bits per heavy atom. The number of nitrogens with zero attached hydrogens (tertiary/aromatic N) is 4. The lowest BCUT2D eigenvalue weighted by Gasteiger charge is -2.26. The number of esters is 1. The van der Waals surface area contributed by atoms with Crippen molar-refractivity contribution in [3.8, 4) is 11.3 Å². The lowest BCUT2D eigenvalue weighted by Crippen LogP contribution is -2.31. The van der Waals surface area contributed by atoms with E-state index in [9.17, 15) is 4.79 Å². The van der Waals surface area contributed by atoms with Crippen LogP contribution in [-0.4, -0.2) is 72.9 Å². The topological polar surface area (TPSA) is 81.5 Å². The zero-order valence-corrected chi connectivity index (χ0v) is 26.6. The number of piperidine rings is 1. The second-order valence-corrected chi connectivity index (χ2v) is 18.1. The minimum absolute atomic E-state index is 0.298. The Morgan fingerprint density at radius 2 is 1.90 bits per heavy atom. The Hall–Kier alpha value is -3.27. The predicted octanol–water partition coefficient (Wildman–Crippen LogP) is 7.03. The van der Waals surface area contributed by atoms with Gasteiger partial charge in [0.1, 0.15) is 12.4 Å². The SMILES string of the molecule is CCOC(=O)c1cc2ccc(-c3cc(NCCCN4CCCCC4)c4cnccc4n3)cc2n1COCC[Si](C)(C)C. The summed E-state index contributed by atoms with van der Waals surface area (Å²) < 4.78 is 13.4. The highest BCUT2D eigenvalue weighted by atomic mass is 28.3. The molecule has 0 spiro atoms. The highest BCUT2D eigenvalue weighted by Gasteiger charge is 2.19. The molecule has 0 saturated carbocycles. The number of carbonyl (C=O) groups is 1. The van der Waals surface area contributed by atoms with Crippen LogP contribution >= 0.6 is 0 Å². The Bertz CT molecular complexity index is 1510. The van der Waals surface area contributed by atoms with E-state index in [-0.39, 0.29) is 5.97 Å². The summed E-state index contributed by atoms with van der Waals surface area (Å²) >= 11 is 0. The van der Waals surface area contributed by atoms with Crippen molar-refractivity contribution in [2.24, 2.45) is 0 Å². The lowest BCUT2D eigenvalue weighted by molar-refractivity contribution is 0.0478. The standard InChI is InChI=1S/C33H45N5O3Si/c1-5-41-33(39)32-21-26-11-10-25(20-31(26)38(32)24-40-18-19-42(2,3)4)29-22-30(27-23-34-14-12-28(27)36-29)35-13-9-17-37-15-7-6-8-16-37/h10-12,14,20-23H,5-9,13,15-19,24H2,1-4H3,(H,35,36). The third-order valence-corrected chi connectivity index (χ3v) is 9.63. The molecule has 1 saturated heterocycles. The van der Waals surface area contributed by atoms with Gasteiger partial charge in [0.05, 0.1) is 23.3 Å². The molecule has 1 aliphatic rings. The summed E-state index contributed by atoms with van der Waals surface area (Å²) in [6, 6.07) is 13.3. The summed E-state index contributed by atoms with van der Waals surface area (Å²) in [4.78, 5) is 24.8. The Balaban J connectivity index is 1.42. The number of hydrogen-bond acceptors (Lipinski definition) is 7. The number of rotatable bonds is 13. The molecule has 0 bridgehead atoms.